The Hall–Kier alpha value is -0.870. The molecule has 1 fully saturated rings. The lowest BCUT2D eigenvalue weighted by Crippen LogP contribution is -2.43. The number of rotatable bonds is 6. The zero-order chi connectivity index (χ0) is 16.5. The summed E-state index contributed by atoms with van der Waals surface area (Å²) in [7, 11) is 1.73. The molecule has 1 unspecified atom stereocenters. The Labute approximate surface area is 168 Å². The second-order valence-electron chi connectivity index (χ2n) is 5.28. The van der Waals surface area contributed by atoms with Crippen molar-refractivity contribution < 1.29 is 9.53 Å². The lowest BCUT2D eigenvalue weighted by molar-refractivity contribution is 0.0954. The van der Waals surface area contributed by atoms with E-state index in [1.807, 2.05) is 12.1 Å². The summed E-state index contributed by atoms with van der Waals surface area (Å²) < 4.78 is 6.45. The van der Waals surface area contributed by atoms with Gasteiger partial charge in [-0.3, -0.25) is 9.79 Å². The van der Waals surface area contributed by atoms with Crippen LogP contribution in [-0.4, -0.2) is 51.3 Å². The molecule has 0 aromatic heterocycles. The molecule has 0 saturated carbocycles. The zero-order valence-electron chi connectivity index (χ0n) is 13.7. The maximum absolute atomic E-state index is 12.0. The summed E-state index contributed by atoms with van der Waals surface area (Å²) in [5.41, 5.74) is 0.639. The highest BCUT2D eigenvalue weighted by Crippen LogP contribution is 2.11. The Bertz CT molecular complexity index is 551. The van der Waals surface area contributed by atoms with Gasteiger partial charge in [0.05, 0.1) is 6.10 Å². The van der Waals surface area contributed by atoms with Crippen LogP contribution < -0.4 is 16.0 Å². The number of aliphatic imine (C=N–C) groups is 1. The summed E-state index contributed by atoms with van der Waals surface area (Å²) in [4.78, 5) is 16.1. The summed E-state index contributed by atoms with van der Waals surface area (Å²) in [5, 5.41) is 9.28. The maximum atomic E-state index is 12.0. The molecule has 1 saturated heterocycles. The zero-order valence-corrected chi connectivity index (χ0v) is 17.6. The topological polar surface area (TPSA) is 74.8 Å². The van der Waals surface area contributed by atoms with E-state index in [1.165, 1.54) is 0 Å². The number of nitrogens with zero attached hydrogens (tertiary/aromatic N) is 1. The molecule has 8 heteroatoms. The molecule has 1 aromatic rings. The average Bonchev–Trinajstić information content (AvgIpc) is 3.07. The monoisotopic (exact) mass is 510 g/mol. The minimum absolute atomic E-state index is 0. The smallest absolute Gasteiger partial charge is 0.251 e. The number of guanidine groups is 1. The van der Waals surface area contributed by atoms with Crippen molar-refractivity contribution in [3.05, 3.63) is 34.3 Å². The van der Waals surface area contributed by atoms with E-state index < -0.39 is 0 Å². The van der Waals surface area contributed by atoms with Crippen molar-refractivity contribution in [1.82, 2.24) is 16.0 Å². The van der Waals surface area contributed by atoms with Crippen LogP contribution in [0.3, 0.4) is 0 Å². The quantitative estimate of drug-likeness (QED) is 0.237. The van der Waals surface area contributed by atoms with Crippen LogP contribution >= 0.6 is 39.9 Å². The van der Waals surface area contributed by atoms with Crippen LogP contribution in [0.2, 0.25) is 0 Å². The summed E-state index contributed by atoms with van der Waals surface area (Å²) in [6, 6.07) is 7.32. The molecule has 1 heterocycles. The van der Waals surface area contributed by atoms with E-state index in [0.717, 1.165) is 36.4 Å². The van der Waals surface area contributed by atoms with Crippen LogP contribution in [0.4, 0.5) is 0 Å². The van der Waals surface area contributed by atoms with Crippen molar-refractivity contribution in [2.24, 2.45) is 4.99 Å². The Morgan fingerprint density at radius 3 is 2.79 bits per heavy atom. The van der Waals surface area contributed by atoms with Gasteiger partial charge in [0.15, 0.2) is 5.96 Å². The first-order valence-electron chi connectivity index (χ1n) is 7.79. The van der Waals surface area contributed by atoms with Gasteiger partial charge in [0.1, 0.15) is 0 Å². The molecule has 134 valence electrons. The summed E-state index contributed by atoms with van der Waals surface area (Å²) in [6.07, 6.45) is 2.48. The third kappa shape index (κ3) is 7.35. The number of nitrogens with one attached hydrogen (secondary N) is 3. The van der Waals surface area contributed by atoms with Gasteiger partial charge in [0.2, 0.25) is 0 Å². The number of hydrogen-bond acceptors (Lipinski definition) is 3. The average molecular weight is 511 g/mol. The SMILES string of the molecule is CN=C(NCCNC(=O)c1cccc(Br)c1)NCC1CCCO1.I. The molecule has 1 amide bonds. The maximum Gasteiger partial charge on any atom is 0.251 e. The van der Waals surface area contributed by atoms with Crippen molar-refractivity contribution in [3.8, 4) is 0 Å². The standard InChI is InChI=1S/C16H23BrN4O2.HI/c1-18-16(21-11-14-6-3-9-23-14)20-8-7-19-15(22)12-4-2-5-13(17)10-12;/h2,4-5,10,14H,3,6-9,11H2,1H3,(H,19,22)(H2,18,20,21);1H. The van der Waals surface area contributed by atoms with E-state index in [1.54, 1.807) is 19.2 Å². The highest BCUT2D eigenvalue weighted by molar-refractivity contribution is 14.0. The Morgan fingerprint density at radius 1 is 1.33 bits per heavy atom. The normalized spacial score (nSPS) is 17.1. The molecule has 2 rings (SSSR count). The van der Waals surface area contributed by atoms with Crippen molar-refractivity contribution >= 4 is 51.8 Å². The fourth-order valence-corrected chi connectivity index (χ4v) is 2.72. The van der Waals surface area contributed by atoms with Crippen molar-refractivity contribution in [2.45, 2.75) is 18.9 Å². The second kappa shape index (κ2) is 11.6. The molecule has 1 aliphatic rings. The summed E-state index contributed by atoms with van der Waals surface area (Å²) >= 11 is 3.36. The molecule has 24 heavy (non-hydrogen) atoms. The Balaban J connectivity index is 0.00000288. The first-order chi connectivity index (χ1) is 11.2. The second-order valence-corrected chi connectivity index (χ2v) is 6.20. The molecule has 0 radical (unpaired) electrons. The summed E-state index contributed by atoms with van der Waals surface area (Å²) in [5.74, 6) is 0.632. The predicted octanol–water partition coefficient (Wildman–Crippen LogP) is 2.14. The van der Waals surface area contributed by atoms with E-state index in [4.69, 9.17) is 4.74 Å². The molecule has 0 aliphatic carbocycles. The Kier molecular flexibility index (Phi) is 10.3. The van der Waals surface area contributed by atoms with Gasteiger partial charge in [-0.2, -0.15) is 0 Å². The molecule has 1 aromatic carbocycles. The molecular formula is C16H24BrIN4O2. The lowest BCUT2D eigenvalue weighted by Gasteiger charge is -2.15. The molecule has 3 N–H and O–H groups in total. The van der Waals surface area contributed by atoms with Crippen LogP contribution in [0.15, 0.2) is 33.7 Å². The van der Waals surface area contributed by atoms with E-state index in [2.05, 4.69) is 36.9 Å². The number of amides is 1. The summed E-state index contributed by atoms with van der Waals surface area (Å²) in [6.45, 7) is 2.72. The minimum Gasteiger partial charge on any atom is -0.376 e. The number of carbonyl (C=O) groups is 1. The number of ether oxygens (including phenoxy) is 1. The van der Waals surface area contributed by atoms with Gasteiger partial charge >= 0.3 is 0 Å². The van der Waals surface area contributed by atoms with Gasteiger partial charge in [-0.1, -0.05) is 22.0 Å². The van der Waals surface area contributed by atoms with Crippen LogP contribution in [0.25, 0.3) is 0 Å². The van der Waals surface area contributed by atoms with Crippen LogP contribution in [0, 0.1) is 0 Å². The molecule has 0 spiro atoms. The van der Waals surface area contributed by atoms with Gasteiger partial charge in [-0.15, -0.1) is 24.0 Å². The van der Waals surface area contributed by atoms with E-state index in [0.29, 0.717) is 18.7 Å². The highest BCUT2D eigenvalue weighted by atomic mass is 127. The van der Waals surface area contributed by atoms with Gasteiger partial charge in [0, 0.05) is 43.3 Å². The van der Waals surface area contributed by atoms with E-state index in [-0.39, 0.29) is 36.0 Å². The van der Waals surface area contributed by atoms with E-state index >= 15 is 0 Å². The van der Waals surface area contributed by atoms with Gasteiger partial charge in [-0.25, -0.2) is 0 Å². The molecule has 1 atom stereocenters. The first-order valence-corrected chi connectivity index (χ1v) is 8.58. The minimum atomic E-state index is -0.0876. The van der Waals surface area contributed by atoms with Crippen LogP contribution in [0.5, 0.6) is 0 Å². The highest BCUT2D eigenvalue weighted by Gasteiger charge is 2.15. The van der Waals surface area contributed by atoms with Gasteiger partial charge < -0.3 is 20.7 Å². The predicted molar refractivity (Wildman–Crippen MR) is 110 cm³/mol. The Morgan fingerprint density at radius 2 is 2.12 bits per heavy atom. The lowest BCUT2D eigenvalue weighted by atomic mass is 10.2. The number of carbonyl (C=O) groups excluding carboxylic acids is 1. The molecule has 6 nitrogen and oxygen atoms in total. The number of benzene rings is 1. The van der Waals surface area contributed by atoms with Crippen LogP contribution in [0.1, 0.15) is 23.2 Å². The molecular weight excluding hydrogens is 487 g/mol. The molecule has 0 bridgehead atoms. The number of hydrogen-bond donors (Lipinski definition) is 3. The fourth-order valence-electron chi connectivity index (χ4n) is 2.33. The van der Waals surface area contributed by atoms with Gasteiger partial charge in [0.25, 0.3) is 5.91 Å². The first kappa shape index (κ1) is 21.2. The van der Waals surface area contributed by atoms with Crippen molar-refractivity contribution in [2.75, 3.05) is 33.3 Å². The van der Waals surface area contributed by atoms with Crippen LogP contribution in [-0.2, 0) is 4.74 Å². The fraction of sp³-hybridized carbons (Fsp3) is 0.500. The number of halogens is 2. The third-order valence-electron chi connectivity index (χ3n) is 3.53. The van der Waals surface area contributed by atoms with Crippen molar-refractivity contribution in [3.63, 3.8) is 0 Å². The van der Waals surface area contributed by atoms with Crippen molar-refractivity contribution in [1.29, 1.82) is 0 Å². The largest absolute Gasteiger partial charge is 0.376 e. The molecule has 1 aliphatic heterocycles. The van der Waals surface area contributed by atoms with E-state index in [9.17, 15) is 4.79 Å². The third-order valence-corrected chi connectivity index (χ3v) is 4.03. The van der Waals surface area contributed by atoms with Gasteiger partial charge in [-0.05, 0) is 31.0 Å².